The van der Waals surface area contributed by atoms with Crippen LogP contribution in [-0.2, 0) is 30.5 Å². The zero-order valence-corrected chi connectivity index (χ0v) is 20.3. The van der Waals surface area contributed by atoms with Crippen LogP contribution in [0.4, 0.5) is 5.69 Å². The zero-order chi connectivity index (χ0) is 26.2. The lowest BCUT2D eigenvalue weighted by molar-refractivity contribution is -0.259. The number of amides is 1. The summed E-state index contributed by atoms with van der Waals surface area (Å²) in [7, 11) is 1.54. The molecule has 1 amide bonds. The van der Waals surface area contributed by atoms with E-state index in [0.717, 1.165) is 5.56 Å². The van der Waals surface area contributed by atoms with Gasteiger partial charge in [0, 0.05) is 6.92 Å². The molecule has 0 radical (unpaired) electrons. The average Bonchev–Trinajstić information content (AvgIpc) is 2.88. The molecule has 2 aromatic carbocycles. The summed E-state index contributed by atoms with van der Waals surface area (Å²) in [6.45, 7) is 2.29. The van der Waals surface area contributed by atoms with Crippen molar-refractivity contribution in [1.29, 1.82) is 0 Å². The van der Waals surface area contributed by atoms with Crippen molar-refractivity contribution in [1.82, 2.24) is 5.32 Å². The molecule has 36 heavy (non-hydrogen) atoms. The highest BCUT2D eigenvalue weighted by atomic mass is 16.7. The van der Waals surface area contributed by atoms with Gasteiger partial charge in [-0.1, -0.05) is 30.3 Å². The molecule has 6 atom stereocenters. The van der Waals surface area contributed by atoms with Crippen LogP contribution in [0, 0.1) is 0 Å². The van der Waals surface area contributed by atoms with Gasteiger partial charge in [-0.3, -0.25) is 9.63 Å². The van der Waals surface area contributed by atoms with Crippen LogP contribution in [0.15, 0.2) is 54.6 Å². The first-order chi connectivity index (χ1) is 17.2. The van der Waals surface area contributed by atoms with Crippen LogP contribution < -0.4 is 15.1 Å². The lowest BCUT2D eigenvalue weighted by Gasteiger charge is -2.42. The molecule has 0 aromatic heterocycles. The topological polar surface area (TPSA) is 147 Å². The maximum Gasteiger partial charge on any atom is 0.331 e. The van der Waals surface area contributed by atoms with Gasteiger partial charge in [0.15, 0.2) is 18.4 Å². The van der Waals surface area contributed by atoms with E-state index in [1.807, 2.05) is 30.3 Å². The van der Waals surface area contributed by atoms with E-state index in [9.17, 15) is 24.9 Å². The van der Waals surface area contributed by atoms with Crippen molar-refractivity contribution < 1.29 is 44.0 Å². The number of hydrogen-bond acceptors (Lipinski definition) is 10. The van der Waals surface area contributed by atoms with Gasteiger partial charge in [-0.05, 0) is 36.8 Å². The van der Waals surface area contributed by atoms with Gasteiger partial charge in [0.1, 0.15) is 24.0 Å². The van der Waals surface area contributed by atoms with Gasteiger partial charge in [0.2, 0.25) is 5.91 Å². The molecule has 2 aromatic rings. The molecule has 11 nitrogen and oxygen atoms in total. The molecule has 11 heteroatoms. The SMILES string of the molecule is COc1ccc(N(OCc2ccccc2)[C@@H](C)C(=O)O[C@H]2[C@H](O)[C@@H](CO)OC(O)[C@@H]2NC(C)=O)cc1. The normalized spacial score (nSPS) is 24.4. The molecule has 0 saturated carbocycles. The van der Waals surface area contributed by atoms with Crippen molar-refractivity contribution in [2.75, 3.05) is 18.8 Å². The van der Waals surface area contributed by atoms with Crippen molar-refractivity contribution in [3.05, 3.63) is 60.2 Å². The van der Waals surface area contributed by atoms with E-state index in [2.05, 4.69) is 5.32 Å². The highest BCUT2D eigenvalue weighted by Gasteiger charge is 2.48. The molecule has 1 saturated heterocycles. The van der Waals surface area contributed by atoms with E-state index in [4.69, 9.17) is 19.0 Å². The number of carbonyl (C=O) groups excluding carboxylic acids is 2. The Morgan fingerprint density at radius 1 is 1.11 bits per heavy atom. The third kappa shape index (κ3) is 6.71. The fourth-order valence-electron chi connectivity index (χ4n) is 3.80. The van der Waals surface area contributed by atoms with Gasteiger partial charge in [0.25, 0.3) is 0 Å². The van der Waals surface area contributed by atoms with Gasteiger partial charge in [-0.25, -0.2) is 9.86 Å². The van der Waals surface area contributed by atoms with E-state index in [-0.39, 0.29) is 6.61 Å². The van der Waals surface area contributed by atoms with Crippen LogP contribution in [0.1, 0.15) is 19.4 Å². The minimum absolute atomic E-state index is 0.157. The highest BCUT2D eigenvalue weighted by Crippen LogP contribution is 2.26. The number of aliphatic hydroxyl groups excluding tert-OH is 3. The summed E-state index contributed by atoms with van der Waals surface area (Å²) < 4.78 is 15.9. The van der Waals surface area contributed by atoms with E-state index >= 15 is 0 Å². The molecule has 4 N–H and O–H groups in total. The predicted octanol–water partition coefficient (Wildman–Crippen LogP) is 0.509. The second-order valence-corrected chi connectivity index (χ2v) is 8.32. The van der Waals surface area contributed by atoms with Crippen molar-refractivity contribution in [3.63, 3.8) is 0 Å². The quantitative estimate of drug-likeness (QED) is 0.267. The van der Waals surface area contributed by atoms with Crippen LogP contribution in [-0.4, -0.2) is 77.6 Å². The molecule has 1 aliphatic heterocycles. The lowest BCUT2D eigenvalue weighted by Crippen LogP contribution is -2.65. The summed E-state index contributed by atoms with van der Waals surface area (Å²) >= 11 is 0. The summed E-state index contributed by atoms with van der Waals surface area (Å²) in [5, 5.41) is 34.3. The molecular formula is C25H32N2O9. The van der Waals surface area contributed by atoms with E-state index in [0.29, 0.717) is 11.4 Å². The van der Waals surface area contributed by atoms with E-state index in [1.165, 1.54) is 19.1 Å². The monoisotopic (exact) mass is 504 g/mol. The molecule has 0 spiro atoms. The van der Waals surface area contributed by atoms with Crippen molar-refractivity contribution >= 4 is 17.6 Å². The predicted molar refractivity (Wildman–Crippen MR) is 128 cm³/mol. The number of esters is 1. The number of hydroxylamine groups is 1. The van der Waals surface area contributed by atoms with Crippen molar-refractivity contribution in [2.45, 2.75) is 57.1 Å². The molecule has 0 bridgehead atoms. The van der Waals surface area contributed by atoms with E-state index < -0.39 is 55.2 Å². The summed E-state index contributed by atoms with van der Waals surface area (Å²) in [5.74, 6) is -0.717. The average molecular weight is 505 g/mol. The van der Waals surface area contributed by atoms with Crippen LogP contribution >= 0.6 is 0 Å². The van der Waals surface area contributed by atoms with Crippen LogP contribution in [0.5, 0.6) is 5.75 Å². The van der Waals surface area contributed by atoms with E-state index in [1.54, 1.807) is 31.2 Å². The van der Waals surface area contributed by atoms with Crippen LogP contribution in [0.25, 0.3) is 0 Å². The first kappa shape index (κ1) is 27.4. The number of hydrogen-bond donors (Lipinski definition) is 4. The lowest BCUT2D eigenvalue weighted by atomic mass is 9.96. The van der Waals surface area contributed by atoms with Crippen LogP contribution in [0.3, 0.4) is 0 Å². The molecular weight excluding hydrogens is 472 g/mol. The number of carbonyl (C=O) groups is 2. The first-order valence-corrected chi connectivity index (χ1v) is 11.4. The molecule has 1 fully saturated rings. The van der Waals surface area contributed by atoms with Crippen molar-refractivity contribution in [2.24, 2.45) is 0 Å². The second kappa shape index (κ2) is 12.7. The molecule has 196 valence electrons. The number of aliphatic hydroxyl groups is 3. The van der Waals surface area contributed by atoms with Gasteiger partial charge >= 0.3 is 5.97 Å². The third-order valence-corrected chi connectivity index (χ3v) is 5.73. The molecule has 1 aliphatic rings. The zero-order valence-electron chi connectivity index (χ0n) is 20.3. The summed E-state index contributed by atoms with van der Waals surface area (Å²) in [6.07, 6.45) is -5.73. The Labute approximate surface area is 209 Å². The second-order valence-electron chi connectivity index (χ2n) is 8.32. The molecule has 1 heterocycles. The van der Waals surface area contributed by atoms with Crippen LogP contribution in [0.2, 0.25) is 0 Å². The smallest absolute Gasteiger partial charge is 0.331 e. The number of rotatable bonds is 10. The Morgan fingerprint density at radius 2 is 1.78 bits per heavy atom. The van der Waals surface area contributed by atoms with Gasteiger partial charge < -0.3 is 34.8 Å². The molecule has 3 rings (SSSR count). The minimum Gasteiger partial charge on any atom is -0.497 e. The molecule has 1 unspecified atom stereocenters. The first-order valence-electron chi connectivity index (χ1n) is 11.4. The Kier molecular flexibility index (Phi) is 9.62. The Bertz CT molecular complexity index is 989. The fraction of sp³-hybridized carbons (Fsp3) is 0.440. The number of ether oxygens (including phenoxy) is 3. The maximum absolute atomic E-state index is 13.3. The van der Waals surface area contributed by atoms with Gasteiger partial charge in [0.05, 0.1) is 26.0 Å². The Balaban J connectivity index is 1.83. The van der Waals surface area contributed by atoms with Gasteiger partial charge in [-0.15, -0.1) is 0 Å². The Hall–Kier alpha value is -3.22. The fourth-order valence-corrected chi connectivity index (χ4v) is 3.80. The largest absolute Gasteiger partial charge is 0.497 e. The highest BCUT2D eigenvalue weighted by molar-refractivity contribution is 5.79. The number of nitrogens with one attached hydrogen (secondary N) is 1. The summed E-state index contributed by atoms with van der Waals surface area (Å²) in [6, 6.07) is 13.9. The Morgan fingerprint density at radius 3 is 2.36 bits per heavy atom. The molecule has 0 aliphatic carbocycles. The third-order valence-electron chi connectivity index (χ3n) is 5.73. The number of anilines is 1. The van der Waals surface area contributed by atoms with Gasteiger partial charge in [-0.2, -0.15) is 0 Å². The number of benzene rings is 2. The standard InChI is InChI=1S/C25H32N2O9/c1-15(24(31)36-23-21(26-16(2)29)25(32)35-20(13-28)22(23)30)27(18-9-11-19(33-3)12-10-18)34-14-17-7-5-4-6-8-17/h4-12,15,20-23,25,28,30,32H,13-14H2,1-3H3,(H,26,29)/t15-,20+,21+,22+,23+,25?/m0/s1. The number of nitrogens with zero attached hydrogens (tertiary/aromatic N) is 1. The minimum atomic E-state index is -1.62. The number of methoxy groups -OCH3 is 1. The maximum atomic E-state index is 13.3. The van der Waals surface area contributed by atoms with Crippen molar-refractivity contribution in [3.8, 4) is 5.75 Å². The summed E-state index contributed by atoms with van der Waals surface area (Å²) in [4.78, 5) is 30.9. The summed E-state index contributed by atoms with van der Waals surface area (Å²) in [5.41, 5.74) is 1.41.